The minimum absolute atomic E-state index is 0.127. The second-order valence-corrected chi connectivity index (χ2v) is 8.82. The summed E-state index contributed by atoms with van der Waals surface area (Å²) in [4.78, 5) is 38.0. The monoisotopic (exact) mass is 495 g/mol. The van der Waals surface area contributed by atoms with Crippen LogP contribution in [0.25, 0.3) is 0 Å². The molecule has 2 aliphatic carbocycles. The normalized spacial score (nSPS) is 20.0. The molecule has 2 aromatic rings. The number of aliphatic hydroxyl groups is 1. The van der Waals surface area contributed by atoms with Crippen molar-refractivity contribution in [3.63, 3.8) is 0 Å². The zero-order valence-corrected chi connectivity index (χ0v) is 19.0. The summed E-state index contributed by atoms with van der Waals surface area (Å²) in [5.41, 5.74) is -1.93. The number of ketones is 2. The summed E-state index contributed by atoms with van der Waals surface area (Å²) in [6.07, 6.45) is -3.11. The summed E-state index contributed by atoms with van der Waals surface area (Å²) in [6.45, 7) is 0. The number of allylic oxidation sites excluding steroid dienone is 2. The molecule has 1 N–H and O–H groups in total. The van der Waals surface area contributed by atoms with Crippen LogP contribution in [0.3, 0.4) is 0 Å². The lowest BCUT2D eigenvalue weighted by molar-refractivity contribution is -0.141. The SMILES string of the molecule is COc1cc(OC)nc(SCc2nc(C(F)(F)F)ccc2C(=O)C2=C(O)C3CCC(C3)C2=O)n1. The van der Waals surface area contributed by atoms with E-state index >= 15 is 0 Å². The van der Waals surface area contributed by atoms with Gasteiger partial charge in [0.25, 0.3) is 0 Å². The number of aromatic nitrogens is 3. The highest BCUT2D eigenvalue weighted by atomic mass is 32.2. The van der Waals surface area contributed by atoms with Crippen LogP contribution in [0.2, 0.25) is 0 Å². The molecule has 0 spiro atoms. The zero-order chi connectivity index (χ0) is 24.6. The van der Waals surface area contributed by atoms with E-state index in [1.807, 2.05) is 0 Å². The van der Waals surface area contributed by atoms with Crippen molar-refractivity contribution in [2.45, 2.75) is 36.3 Å². The van der Waals surface area contributed by atoms with Crippen molar-refractivity contribution in [3.05, 3.63) is 46.5 Å². The number of hydrogen-bond acceptors (Lipinski definition) is 9. The number of rotatable bonds is 7. The highest BCUT2D eigenvalue weighted by Crippen LogP contribution is 2.43. The Balaban J connectivity index is 1.71. The quantitative estimate of drug-likeness (QED) is 0.261. The van der Waals surface area contributed by atoms with Crippen LogP contribution < -0.4 is 9.47 Å². The van der Waals surface area contributed by atoms with Gasteiger partial charge in [0.05, 0.1) is 26.0 Å². The molecule has 34 heavy (non-hydrogen) atoms. The number of halogens is 3. The second kappa shape index (κ2) is 9.24. The molecule has 2 bridgehead atoms. The first-order valence-corrected chi connectivity index (χ1v) is 11.3. The number of nitrogens with zero attached hydrogens (tertiary/aromatic N) is 3. The Labute approximate surface area is 196 Å². The predicted molar refractivity (Wildman–Crippen MR) is 114 cm³/mol. The molecule has 4 rings (SSSR count). The van der Waals surface area contributed by atoms with Gasteiger partial charge in [0.15, 0.2) is 10.9 Å². The van der Waals surface area contributed by atoms with Gasteiger partial charge in [0.2, 0.25) is 17.5 Å². The summed E-state index contributed by atoms with van der Waals surface area (Å²) >= 11 is 0.917. The van der Waals surface area contributed by atoms with E-state index in [-0.39, 0.29) is 57.1 Å². The van der Waals surface area contributed by atoms with Crippen LogP contribution in [0.5, 0.6) is 11.8 Å². The van der Waals surface area contributed by atoms with Gasteiger partial charge in [0, 0.05) is 23.2 Å². The Hall–Kier alpha value is -3.15. The third-order valence-electron chi connectivity index (χ3n) is 5.84. The topological polar surface area (TPSA) is 112 Å². The van der Waals surface area contributed by atoms with Crippen LogP contribution in [-0.4, -0.2) is 45.8 Å². The van der Waals surface area contributed by atoms with Gasteiger partial charge in [-0.1, -0.05) is 11.8 Å². The summed E-state index contributed by atoms with van der Waals surface area (Å²) in [5, 5.41) is 10.7. The molecule has 1 fully saturated rings. The third kappa shape index (κ3) is 4.59. The second-order valence-electron chi connectivity index (χ2n) is 7.87. The molecule has 2 unspecified atom stereocenters. The number of hydrogen-bond donors (Lipinski definition) is 1. The van der Waals surface area contributed by atoms with E-state index in [0.717, 1.165) is 17.8 Å². The molecule has 0 radical (unpaired) electrons. The van der Waals surface area contributed by atoms with E-state index in [0.29, 0.717) is 25.3 Å². The van der Waals surface area contributed by atoms with Crippen molar-refractivity contribution < 1.29 is 37.3 Å². The fraction of sp³-hybridized carbons (Fsp3) is 0.409. The number of ether oxygens (including phenoxy) is 2. The number of Topliss-reactive ketones (excluding diaryl/α,β-unsaturated/α-hetero) is 2. The minimum atomic E-state index is -4.74. The molecule has 180 valence electrons. The van der Waals surface area contributed by atoms with Gasteiger partial charge in [0.1, 0.15) is 17.0 Å². The van der Waals surface area contributed by atoms with E-state index in [4.69, 9.17) is 9.47 Å². The molecular weight excluding hydrogens is 475 g/mol. The van der Waals surface area contributed by atoms with Gasteiger partial charge in [-0.15, -0.1) is 0 Å². The molecule has 0 amide bonds. The standard InChI is InChI=1S/C22H20F3N3O5S/c1-32-15-8-16(33-2)28-21(27-15)34-9-13-12(5-6-14(26-13)22(23,24)25)20(31)17-18(29)10-3-4-11(7-10)19(17)30/h5-6,8,10-11,29H,3-4,7,9H2,1-2H3. The third-order valence-corrected chi connectivity index (χ3v) is 6.70. The molecule has 2 heterocycles. The number of alkyl halides is 3. The number of thioether (sulfide) groups is 1. The first-order valence-electron chi connectivity index (χ1n) is 10.3. The summed E-state index contributed by atoms with van der Waals surface area (Å²) in [7, 11) is 2.77. The number of carbonyl (C=O) groups is 2. The summed E-state index contributed by atoms with van der Waals surface area (Å²) in [5.74, 6) is -2.10. The maximum Gasteiger partial charge on any atom is 0.433 e. The fourth-order valence-electron chi connectivity index (χ4n) is 4.13. The van der Waals surface area contributed by atoms with Crippen LogP contribution in [0.1, 0.15) is 41.0 Å². The van der Waals surface area contributed by atoms with Crippen LogP contribution in [0.4, 0.5) is 13.2 Å². The lowest BCUT2D eigenvalue weighted by atomic mass is 9.83. The number of pyridine rings is 1. The molecule has 12 heteroatoms. The Bertz CT molecular complexity index is 1160. The van der Waals surface area contributed by atoms with Crippen LogP contribution in [-0.2, 0) is 16.7 Å². The van der Waals surface area contributed by atoms with Gasteiger partial charge in [-0.3, -0.25) is 9.59 Å². The number of aliphatic hydroxyl groups excluding tert-OH is 1. The van der Waals surface area contributed by atoms with Crippen molar-refractivity contribution in [2.75, 3.05) is 14.2 Å². The van der Waals surface area contributed by atoms with Crippen molar-refractivity contribution in [2.24, 2.45) is 11.8 Å². The van der Waals surface area contributed by atoms with Gasteiger partial charge >= 0.3 is 6.18 Å². The van der Waals surface area contributed by atoms with Gasteiger partial charge in [-0.25, -0.2) is 4.98 Å². The zero-order valence-electron chi connectivity index (χ0n) is 18.2. The van der Waals surface area contributed by atoms with Gasteiger partial charge in [-0.2, -0.15) is 23.1 Å². The molecule has 1 saturated carbocycles. The first kappa shape index (κ1) is 24.0. The number of fused-ring (bicyclic) bond motifs is 2. The Kier molecular flexibility index (Phi) is 6.52. The molecule has 0 aliphatic heterocycles. The van der Waals surface area contributed by atoms with E-state index in [9.17, 15) is 27.9 Å². The predicted octanol–water partition coefficient (Wildman–Crippen LogP) is 4.19. The Morgan fingerprint density at radius 1 is 1.12 bits per heavy atom. The maximum atomic E-state index is 13.3. The highest BCUT2D eigenvalue weighted by molar-refractivity contribution is 7.98. The molecule has 2 atom stereocenters. The lowest BCUT2D eigenvalue weighted by Crippen LogP contribution is -2.28. The Morgan fingerprint density at radius 2 is 1.76 bits per heavy atom. The number of carbonyl (C=O) groups excluding carboxylic acids is 2. The first-order chi connectivity index (χ1) is 16.1. The van der Waals surface area contributed by atoms with Crippen molar-refractivity contribution in [1.82, 2.24) is 15.0 Å². The fourth-order valence-corrected chi connectivity index (χ4v) is 4.93. The van der Waals surface area contributed by atoms with Crippen LogP contribution >= 0.6 is 11.8 Å². The molecule has 0 saturated heterocycles. The van der Waals surface area contributed by atoms with Crippen molar-refractivity contribution in [3.8, 4) is 11.8 Å². The largest absolute Gasteiger partial charge is 0.511 e. The van der Waals surface area contributed by atoms with E-state index in [1.54, 1.807) is 0 Å². The summed E-state index contributed by atoms with van der Waals surface area (Å²) in [6, 6.07) is 3.11. The smallest absolute Gasteiger partial charge is 0.433 e. The maximum absolute atomic E-state index is 13.3. The van der Waals surface area contributed by atoms with E-state index < -0.39 is 23.4 Å². The van der Waals surface area contributed by atoms with E-state index in [2.05, 4.69) is 15.0 Å². The Morgan fingerprint density at radius 3 is 2.38 bits per heavy atom. The van der Waals surface area contributed by atoms with Gasteiger partial charge < -0.3 is 14.6 Å². The molecule has 2 aliphatic rings. The average molecular weight is 495 g/mol. The molecule has 8 nitrogen and oxygen atoms in total. The van der Waals surface area contributed by atoms with E-state index in [1.165, 1.54) is 20.3 Å². The highest BCUT2D eigenvalue weighted by Gasteiger charge is 2.44. The van der Waals surface area contributed by atoms with Crippen LogP contribution in [0, 0.1) is 11.8 Å². The minimum Gasteiger partial charge on any atom is -0.511 e. The summed E-state index contributed by atoms with van der Waals surface area (Å²) < 4.78 is 50.1. The molecule has 0 aromatic carbocycles. The van der Waals surface area contributed by atoms with Crippen molar-refractivity contribution >= 4 is 23.3 Å². The van der Waals surface area contributed by atoms with Crippen LogP contribution in [0.15, 0.2) is 34.7 Å². The average Bonchev–Trinajstić information content (AvgIpc) is 3.27. The molecular formula is C22H20F3N3O5S. The van der Waals surface area contributed by atoms with Crippen molar-refractivity contribution in [1.29, 1.82) is 0 Å². The lowest BCUT2D eigenvalue weighted by Gasteiger charge is -2.21. The molecule has 2 aromatic heterocycles. The van der Waals surface area contributed by atoms with Gasteiger partial charge in [-0.05, 0) is 31.4 Å². The number of methoxy groups -OCH3 is 2.